The second-order valence-corrected chi connectivity index (χ2v) is 11.6. The lowest BCUT2D eigenvalue weighted by atomic mass is 9.81. The third kappa shape index (κ3) is 3.01. The van der Waals surface area contributed by atoms with Crippen LogP contribution in [0.2, 0.25) is 0 Å². The molecule has 1 aliphatic carbocycles. The Kier molecular flexibility index (Phi) is 4.51. The Balaban J connectivity index is 1.41. The maximum Gasteiger partial charge on any atom is 0.135 e. The van der Waals surface area contributed by atoms with Crippen LogP contribution >= 0.6 is 0 Å². The van der Waals surface area contributed by atoms with Gasteiger partial charge in [-0.3, -0.25) is 0 Å². The van der Waals surface area contributed by atoms with Crippen LogP contribution in [-0.4, -0.2) is 0 Å². The molecule has 0 saturated carbocycles. The van der Waals surface area contributed by atoms with Crippen LogP contribution in [-0.2, 0) is 0 Å². The molecule has 43 heavy (non-hydrogen) atoms. The number of para-hydroxylation sites is 1. The normalized spacial score (nSPS) is 12.4. The largest absolute Gasteiger partial charge is 0.456 e. The maximum absolute atomic E-state index is 6.49. The Labute approximate surface area is 249 Å². The molecule has 0 bridgehead atoms. The van der Waals surface area contributed by atoms with Gasteiger partial charge in [-0.15, -0.1) is 0 Å². The lowest BCUT2D eigenvalue weighted by molar-refractivity contribution is 0.487. The molecule has 0 N–H and O–H groups in total. The predicted molar refractivity (Wildman–Crippen MR) is 180 cm³/mol. The van der Waals surface area contributed by atoms with Gasteiger partial charge in [0.1, 0.15) is 11.5 Å². The van der Waals surface area contributed by atoms with Crippen LogP contribution in [0.4, 0.5) is 0 Å². The van der Waals surface area contributed by atoms with Gasteiger partial charge in [-0.25, -0.2) is 0 Å². The van der Waals surface area contributed by atoms with Gasteiger partial charge in [-0.1, -0.05) is 127 Å². The van der Waals surface area contributed by atoms with E-state index in [4.69, 9.17) is 4.74 Å². The fourth-order valence-electron chi connectivity index (χ4n) is 7.72. The van der Waals surface area contributed by atoms with Gasteiger partial charge in [0.05, 0.1) is 0 Å². The SMILES string of the molecule is c1ccc(-c2c3c(c(-c4ccc5c6c(cccc46)-c4ccccc4O5)c4ccccc24)-c2cccc4cccc-3c24)cc1. The highest BCUT2D eigenvalue weighted by Crippen LogP contribution is 2.59. The van der Waals surface area contributed by atoms with Crippen molar-refractivity contribution in [2.45, 2.75) is 0 Å². The van der Waals surface area contributed by atoms with Crippen LogP contribution < -0.4 is 4.74 Å². The number of fused-ring (bicyclic) bond motifs is 6. The van der Waals surface area contributed by atoms with E-state index < -0.39 is 0 Å². The minimum atomic E-state index is 0.913. The molecular weight excluding hydrogens is 520 g/mol. The molecule has 10 rings (SSSR count). The predicted octanol–water partition coefficient (Wildman–Crippen LogP) is 11.9. The summed E-state index contributed by atoms with van der Waals surface area (Å²) < 4.78 is 6.49. The number of hydrogen-bond donors (Lipinski definition) is 0. The standard InChI is InChI=1S/C42H24O/c1-2-11-26(12-3-1)38-29-16-4-5-17-31(29)40(42-34-21-9-14-25-13-8-20-33(37(25)34)41(38)42)32-23-24-36-39-28(18-10-19-30(32)39)27-15-6-7-22-35(27)43-36/h1-24H. The van der Waals surface area contributed by atoms with Crippen LogP contribution in [0.25, 0.3) is 88.0 Å². The van der Waals surface area contributed by atoms with Crippen molar-refractivity contribution in [2.75, 3.05) is 0 Å². The first-order valence-electron chi connectivity index (χ1n) is 14.9. The van der Waals surface area contributed by atoms with Crippen molar-refractivity contribution in [2.24, 2.45) is 0 Å². The number of rotatable bonds is 2. The molecule has 1 nitrogen and oxygen atoms in total. The van der Waals surface area contributed by atoms with Gasteiger partial charge in [-0.2, -0.15) is 0 Å². The first-order chi connectivity index (χ1) is 21.4. The first kappa shape index (κ1) is 23.0. The van der Waals surface area contributed by atoms with Gasteiger partial charge in [0, 0.05) is 10.9 Å². The Morgan fingerprint density at radius 3 is 1.72 bits per heavy atom. The Morgan fingerprint density at radius 2 is 0.907 bits per heavy atom. The van der Waals surface area contributed by atoms with E-state index in [0.717, 1.165) is 17.1 Å². The highest BCUT2D eigenvalue weighted by atomic mass is 16.5. The lowest BCUT2D eigenvalue weighted by Crippen LogP contribution is -1.99. The molecule has 198 valence electrons. The second-order valence-electron chi connectivity index (χ2n) is 11.6. The van der Waals surface area contributed by atoms with E-state index in [-0.39, 0.29) is 0 Å². The van der Waals surface area contributed by atoms with Gasteiger partial charge in [0.2, 0.25) is 0 Å². The highest BCUT2D eigenvalue weighted by molar-refractivity contribution is 6.29. The zero-order valence-corrected chi connectivity index (χ0v) is 23.3. The molecule has 8 aromatic carbocycles. The summed E-state index contributed by atoms with van der Waals surface area (Å²) in [7, 11) is 0. The molecule has 1 heteroatoms. The molecular formula is C42H24O. The van der Waals surface area contributed by atoms with Crippen LogP contribution in [0.3, 0.4) is 0 Å². The molecule has 0 fully saturated rings. The van der Waals surface area contributed by atoms with E-state index in [1.54, 1.807) is 0 Å². The zero-order chi connectivity index (χ0) is 28.1. The molecule has 0 amide bonds. The van der Waals surface area contributed by atoms with E-state index in [2.05, 4.69) is 140 Å². The van der Waals surface area contributed by atoms with Gasteiger partial charge in [-0.05, 0) is 95.2 Å². The third-order valence-electron chi connectivity index (χ3n) is 9.39. The fraction of sp³-hybridized carbons (Fsp3) is 0. The summed E-state index contributed by atoms with van der Waals surface area (Å²) in [6.45, 7) is 0. The Morgan fingerprint density at radius 1 is 0.302 bits per heavy atom. The molecule has 0 saturated heterocycles. The zero-order valence-electron chi connectivity index (χ0n) is 23.3. The van der Waals surface area contributed by atoms with Gasteiger partial charge < -0.3 is 4.74 Å². The van der Waals surface area contributed by atoms with E-state index in [1.165, 1.54) is 82.4 Å². The fourth-order valence-corrected chi connectivity index (χ4v) is 7.72. The van der Waals surface area contributed by atoms with Crippen molar-refractivity contribution in [3.8, 4) is 67.1 Å². The van der Waals surface area contributed by atoms with Crippen LogP contribution in [0.5, 0.6) is 11.5 Å². The third-order valence-corrected chi connectivity index (χ3v) is 9.39. The average Bonchev–Trinajstić information content (AvgIpc) is 3.40. The van der Waals surface area contributed by atoms with Crippen LogP contribution in [0.15, 0.2) is 146 Å². The summed E-state index contributed by atoms with van der Waals surface area (Å²) in [5.74, 6) is 1.83. The molecule has 2 aliphatic rings. The van der Waals surface area contributed by atoms with Gasteiger partial charge >= 0.3 is 0 Å². The van der Waals surface area contributed by atoms with Crippen molar-refractivity contribution >= 4 is 32.3 Å². The molecule has 0 spiro atoms. The second kappa shape index (κ2) is 8.44. The van der Waals surface area contributed by atoms with Crippen LogP contribution in [0.1, 0.15) is 0 Å². The van der Waals surface area contributed by atoms with Gasteiger partial charge in [0.25, 0.3) is 0 Å². The number of benzene rings is 8. The number of hydrogen-bond acceptors (Lipinski definition) is 1. The summed E-state index contributed by atoms with van der Waals surface area (Å²) in [5.41, 5.74) is 12.7. The smallest absolute Gasteiger partial charge is 0.135 e. The molecule has 0 aromatic heterocycles. The Bertz CT molecular complexity index is 2460. The van der Waals surface area contributed by atoms with Crippen molar-refractivity contribution in [1.82, 2.24) is 0 Å². The van der Waals surface area contributed by atoms with E-state index in [1.807, 2.05) is 6.07 Å². The highest BCUT2D eigenvalue weighted by Gasteiger charge is 2.31. The monoisotopic (exact) mass is 544 g/mol. The summed E-state index contributed by atoms with van der Waals surface area (Å²) in [4.78, 5) is 0. The number of ether oxygens (including phenoxy) is 1. The van der Waals surface area contributed by atoms with E-state index in [9.17, 15) is 0 Å². The summed E-state index contributed by atoms with van der Waals surface area (Å²) in [6.07, 6.45) is 0. The van der Waals surface area contributed by atoms with Crippen LogP contribution in [0, 0.1) is 0 Å². The van der Waals surface area contributed by atoms with Crippen molar-refractivity contribution < 1.29 is 4.74 Å². The molecule has 0 radical (unpaired) electrons. The Hall–Kier alpha value is -5.66. The summed E-state index contributed by atoms with van der Waals surface area (Å²) >= 11 is 0. The molecule has 0 atom stereocenters. The van der Waals surface area contributed by atoms with E-state index >= 15 is 0 Å². The average molecular weight is 545 g/mol. The maximum atomic E-state index is 6.49. The van der Waals surface area contributed by atoms with Crippen molar-refractivity contribution in [3.05, 3.63) is 146 Å². The quantitative estimate of drug-likeness (QED) is 0.210. The first-order valence-corrected chi connectivity index (χ1v) is 14.9. The summed E-state index contributed by atoms with van der Waals surface area (Å²) in [6, 6.07) is 52.9. The molecule has 1 aliphatic heterocycles. The lowest BCUT2D eigenvalue weighted by Gasteiger charge is -2.24. The minimum Gasteiger partial charge on any atom is -0.456 e. The topological polar surface area (TPSA) is 9.23 Å². The molecule has 8 aromatic rings. The minimum absolute atomic E-state index is 0.913. The van der Waals surface area contributed by atoms with Crippen molar-refractivity contribution in [1.29, 1.82) is 0 Å². The summed E-state index contributed by atoms with van der Waals surface area (Å²) in [5, 5.41) is 7.55. The van der Waals surface area contributed by atoms with Gasteiger partial charge in [0.15, 0.2) is 0 Å². The molecule has 0 unspecified atom stereocenters. The molecule has 1 heterocycles. The van der Waals surface area contributed by atoms with E-state index in [0.29, 0.717) is 0 Å². The van der Waals surface area contributed by atoms with Crippen molar-refractivity contribution in [3.63, 3.8) is 0 Å².